The van der Waals surface area contributed by atoms with Crippen molar-refractivity contribution in [2.75, 3.05) is 7.11 Å². The van der Waals surface area contributed by atoms with Crippen LogP contribution in [0.25, 0.3) is 0 Å². The van der Waals surface area contributed by atoms with E-state index >= 15 is 0 Å². The van der Waals surface area contributed by atoms with Crippen molar-refractivity contribution in [3.8, 4) is 0 Å². The number of rotatable bonds is 4. The number of pyridine rings is 1. The molecule has 0 saturated carbocycles. The number of esters is 1. The number of nitrogens with zero attached hydrogens (tertiary/aromatic N) is 1. The molecule has 0 aliphatic rings. The largest absolute Gasteiger partial charge is 0.469 e. The SMILES string of the molecule is COC(=O)Cc1ccc(Cn2cc(F)ccc2=O)c(F)c1. The van der Waals surface area contributed by atoms with Crippen molar-refractivity contribution in [1.82, 2.24) is 4.57 Å². The van der Waals surface area contributed by atoms with E-state index in [-0.39, 0.29) is 18.5 Å². The fraction of sp³-hybridized carbons (Fsp3) is 0.200. The molecule has 0 radical (unpaired) electrons. The molecule has 0 bridgehead atoms. The summed E-state index contributed by atoms with van der Waals surface area (Å²) in [5.74, 6) is -1.60. The fourth-order valence-corrected chi connectivity index (χ4v) is 1.88. The zero-order chi connectivity index (χ0) is 15.4. The summed E-state index contributed by atoms with van der Waals surface area (Å²) in [4.78, 5) is 22.7. The first-order valence-corrected chi connectivity index (χ1v) is 6.19. The molecule has 0 amide bonds. The summed E-state index contributed by atoms with van der Waals surface area (Å²) >= 11 is 0. The van der Waals surface area contributed by atoms with Crippen molar-refractivity contribution in [1.29, 1.82) is 0 Å². The third kappa shape index (κ3) is 3.75. The molecule has 0 aliphatic carbocycles. The maximum atomic E-state index is 14.0. The standard InChI is InChI=1S/C15H13F2NO3/c1-21-15(20)7-10-2-3-11(13(17)6-10)8-18-9-12(16)4-5-14(18)19/h2-6,9H,7-8H2,1H3. The quantitative estimate of drug-likeness (QED) is 0.809. The smallest absolute Gasteiger partial charge is 0.309 e. The van der Waals surface area contributed by atoms with Gasteiger partial charge in [-0.05, 0) is 17.7 Å². The molecule has 2 aromatic rings. The van der Waals surface area contributed by atoms with Crippen LogP contribution in [0.4, 0.5) is 8.78 Å². The Morgan fingerprint density at radius 3 is 2.67 bits per heavy atom. The highest BCUT2D eigenvalue weighted by atomic mass is 19.1. The van der Waals surface area contributed by atoms with Crippen molar-refractivity contribution in [2.45, 2.75) is 13.0 Å². The Kier molecular flexibility index (Phi) is 4.47. The molecule has 0 spiro atoms. The van der Waals surface area contributed by atoms with Crippen LogP contribution in [0.3, 0.4) is 0 Å². The van der Waals surface area contributed by atoms with E-state index in [0.29, 0.717) is 5.56 Å². The highest BCUT2D eigenvalue weighted by Crippen LogP contribution is 2.12. The lowest BCUT2D eigenvalue weighted by molar-refractivity contribution is -0.139. The van der Waals surface area contributed by atoms with Gasteiger partial charge in [0.05, 0.1) is 20.1 Å². The zero-order valence-corrected chi connectivity index (χ0v) is 11.3. The molecule has 1 heterocycles. The van der Waals surface area contributed by atoms with Crippen molar-refractivity contribution in [2.24, 2.45) is 0 Å². The van der Waals surface area contributed by atoms with E-state index in [4.69, 9.17) is 0 Å². The van der Waals surface area contributed by atoms with Gasteiger partial charge in [0.1, 0.15) is 11.6 Å². The number of hydrogen-bond donors (Lipinski definition) is 0. The first-order chi connectivity index (χ1) is 9.99. The maximum Gasteiger partial charge on any atom is 0.309 e. The summed E-state index contributed by atoms with van der Waals surface area (Å²) in [6.45, 7) is -0.0824. The van der Waals surface area contributed by atoms with Gasteiger partial charge in [0.2, 0.25) is 0 Å². The van der Waals surface area contributed by atoms with Gasteiger partial charge in [-0.3, -0.25) is 9.59 Å². The Morgan fingerprint density at radius 2 is 2.00 bits per heavy atom. The monoisotopic (exact) mass is 293 g/mol. The van der Waals surface area contributed by atoms with E-state index in [2.05, 4.69) is 4.74 Å². The molecule has 1 aromatic carbocycles. The van der Waals surface area contributed by atoms with Crippen LogP contribution in [0.1, 0.15) is 11.1 Å². The van der Waals surface area contributed by atoms with E-state index < -0.39 is 23.2 Å². The van der Waals surface area contributed by atoms with E-state index in [1.807, 2.05) is 0 Å². The Bertz CT molecular complexity index is 725. The van der Waals surface area contributed by atoms with Crippen molar-refractivity contribution in [3.63, 3.8) is 0 Å². The minimum absolute atomic E-state index is 0.0341. The third-order valence-corrected chi connectivity index (χ3v) is 2.98. The molecule has 0 atom stereocenters. The van der Waals surface area contributed by atoms with Crippen molar-refractivity contribution >= 4 is 5.97 Å². The van der Waals surface area contributed by atoms with Crippen LogP contribution in [0.15, 0.2) is 41.3 Å². The molecule has 0 saturated heterocycles. The Balaban J connectivity index is 2.23. The third-order valence-electron chi connectivity index (χ3n) is 2.98. The molecular formula is C15H13F2NO3. The van der Waals surface area contributed by atoms with Crippen LogP contribution < -0.4 is 5.56 Å². The number of methoxy groups -OCH3 is 1. The second kappa shape index (κ2) is 6.30. The van der Waals surface area contributed by atoms with Gasteiger partial charge in [-0.25, -0.2) is 8.78 Å². The van der Waals surface area contributed by atoms with Crippen molar-refractivity contribution in [3.05, 3.63) is 69.6 Å². The number of carbonyl (C=O) groups excluding carboxylic acids is 1. The van der Waals surface area contributed by atoms with Gasteiger partial charge in [0.15, 0.2) is 0 Å². The number of ether oxygens (including phenoxy) is 1. The van der Waals surface area contributed by atoms with E-state index in [1.54, 1.807) is 6.07 Å². The predicted octanol–water partition coefficient (Wildman–Crippen LogP) is 1.89. The normalized spacial score (nSPS) is 10.4. The van der Waals surface area contributed by atoms with Gasteiger partial charge >= 0.3 is 5.97 Å². The summed E-state index contributed by atoms with van der Waals surface area (Å²) in [6, 6.07) is 6.37. The molecular weight excluding hydrogens is 280 g/mol. The summed E-state index contributed by atoms with van der Waals surface area (Å²) in [6.07, 6.45) is 0.984. The number of halogens is 2. The van der Waals surface area contributed by atoms with Crippen LogP contribution >= 0.6 is 0 Å². The lowest BCUT2D eigenvalue weighted by Crippen LogP contribution is -2.20. The average molecular weight is 293 g/mol. The van der Waals surface area contributed by atoms with Crippen LogP contribution in [-0.2, 0) is 22.5 Å². The summed E-state index contributed by atoms with van der Waals surface area (Å²) in [5.41, 5.74) is 0.278. The Morgan fingerprint density at radius 1 is 1.24 bits per heavy atom. The molecule has 6 heteroatoms. The number of hydrogen-bond acceptors (Lipinski definition) is 3. The zero-order valence-electron chi connectivity index (χ0n) is 11.3. The molecule has 0 fully saturated rings. The first-order valence-electron chi connectivity index (χ1n) is 6.19. The topological polar surface area (TPSA) is 48.3 Å². The summed E-state index contributed by atoms with van der Waals surface area (Å²) in [7, 11) is 1.25. The van der Waals surface area contributed by atoms with E-state index in [1.165, 1.54) is 19.2 Å². The first kappa shape index (κ1) is 14.9. The average Bonchev–Trinajstić information content (AvgIpc) is 2.45. The van der Waals surface area contributed by atoms with Gasteiger partial charge in [0, 0.05) is 17.8 Å². The molecule has 4 nitrogen and oxygen atoms in total. The minimum atomic E-state index is -0.572. The molecule has 0 N–H and O–H groups in total. The van der Waals surface area contributed by atoms with E-state index in [9.17, 15) is 18.4 Å². The van der Waals surface area contributed by atoms with Crippen LogP contribution in [-0.4, -0.2) is 17.6 Å². The fourth-order valence-electron chi connectivity index (χ4n) is 1.88. The summed E-state index contributed by atoms with van der Waals surface area (Å²) in [5, 5.41) is 0. The molecule has 110 valence electrons. The highest BCUT2D eigenvalue weighted by molar-refractivity contribution is 5.72. The van der Waals surface area contributed by atoms with Gasteiger partial charge in [0.25, 0.3) is 5.56 Å². The van der Waals surface area contributed by atoms with Gasteiger partial charge < -0.3 is 9.30 Å². The van der Waals surface area contributed by atoms with Gasteiger partial charge in [-0.1, -0.05) is 12.1 Å². The van der Waals surface area contributed by atoms with Crippen molar-refractivity contribution < 1.29 is 18.3 Å². The lowest BCUT2D eigenvalue weighted by atomic mass is 10.1. The predicted molar refractivity (Wildman–Crippen MR) is 71.9 cm³/mol. The molecule has 21 heavy (non-hydrogen) atoms. The second-order valence-corrected chi connectivity index (χ2v) is 4.49. The van der Waals surface area contributed by atoms with Crippen LogP contribution in [0, 0.1) is 11.6 Å². The van der Waals surface area contributed by atoms with Crippen LogP contribution in [0.5, 0.6) is 0 Å². The highest BCUT2D eigenvalue weighted by Gasteiger charge is 2.09. The Hall–Kier alpha value is -2.50. The van der Waals surface area contributed by atoms with Gasteiger partial charge in [-0.2, -0.15) is 0 Å². The summed E-state index contributed by atoms with van der Waals surface area (Å²) < 4.78 is 32.6. The molecule has 0 aliphatic heterocycles. The number of carbonyl (C=O) groups is 1. The Labute approximate surface area is 119 Å². The molecule has 2 rings (SSSR count). The molecule has 0 unspecified atom stereocenters. The minimum Gasteiger partial charge on any atom is -0.469 e. The second-order valence-electron chi connectivity index (χ2n) is 4.49. The maximum absolute atomic E-state index is 14.0. The van der Waals surface area contributed by atoms with Gasteiger partial charge in [-0.15, -0.1) is 0 Å². The number of aromatic nitrogens is 1. The number of benzene rings is 1. The van der Waals surface area contributed by atoms with E-state index in [0.717, 1.165) is 22.9 Å². The molecule has 1 aromatic heterocycles. The lowest BCUT2D eigenvalue weighted by Gasteiger charge is -2.08. The van der Waals surface area contributed by atoms with Crippen LogP contribution in [0.2, 0.25) is 0 Å².